The largest absolute Gasteiger partial charge is 0.344 e. The fraction of sp³-hybridized carbons (Fsp3) is 0.333. The van der Waals surface area contributed by atoms with Crippen molar-refractivity contribution in [3.8, 4) is 0 Å². The molecule has 0 spiro atoms. The van der Waals surface area contributed by atoms with Gasteiger partial charge in [-0.15, -0.1) is 0 Å². The number of amides is 4. The number of imide groups is 1. The van der Waals surface area contributed by atoms with Crippen molar-refractivity contribution in [2.75, 3.05) is 0 Å². The summed E-state index contributed by atoms with van der Waals surface area (Å²) < 4.78 is 1.63. The highest BCUT2D eigenvalue weighted by atomic mass is 16.2. The first kappa shape index (κ1) is 17.7. The van der Waals surface area contributed by atoms with E-state index in [1.807, 2.05) is 30.3 Å². The van der Waals surface area contributed by atoms with Crippen LogP contribution in [0.3, 0.4) is 0 Å². The second-order valence-corrected chi connectivity index (χ2v) is 6.53. The van der Waals surface area contributed by atoms with Gasteiger partial charge < -0.3 is 9.88 Å². The number of carbonyl (C=O) groups is 3. The van der Waals surface area contributed by atoms with Crippen molar-refractivity contribution in [1.82, 2.24) is 25.3 Å². The number of carbonyl (C=O) groups excluding carboxylic acids is 3. The lowest BCUT2D eigenvalue weighted by atomic mass is 9.93. The number of hydrogen-bond acceptors (Lipinski definition) is 4. The predicted octanol–water partition coefficient (Wildman–Crippen LogP) is 1.17. The highest BCUT2D eigenvalue weighted by Gasteiger charge is 2.48. The van der Waals surface area contributed by atoms with Crippen LogP contribution in [0.4, 0.5) is 4.79 Å². The molecule has 1 aromatic heterocycles. The molecule has 0 unspecified atom stereocenters. The summed E-state index contributed by atoms with van der Waals surface area (Å²) in [5.41, 5.74) is 2.41. The Morgan fingerprint density at radius 3 is 2.65 bits per heavy atom. The van der Waals surface area contributed by atoms with Gasteiger partial charge in [-0.1, -0.05) is 30.3 Å². The summed E-state index contributed by atoms with van der Waals surface area (Å²) in [5.74, 6) is -0.263. The highest BCUT2D eigenvalue weighted by molar-refractivity contribution is 6.07. The summed E-state index contributed by atoms with van der Waals surface area (Å²) in [6.45, 7) is 3.41. The molecule has 136 valence electrons. The number of urea groups is 1. The van der Waals surface area contributed by atoms with Crippen molar-refractivity contribution in [2.45, 2.75) is 38.8 Å². The van der Waals surface area contributed by atoms with Gasteiger partial charge in [0.2, 0.25) is 0 Å². The van der Waals surface area contributed by atoms with Gasteiger partial charge in [-0.05, 0) is 32.3 Å². The molecule has 1 aliphatic heterocycles. The van der Waals surface area contributed by atoms with E-state index in [-0.39, 0.29) is 6.54 Å². The zero-order chi connectivity index (χ0) is 18.7. The number of hydrogen-bond donors (Lipinski definition) is 2. The van der Waals surface area contributed by atoms with Gasteiger partial charge in [0, 0.05) is 12.4 Å². The summed E-state index contributed by atoms with van der Waals surface area (Å²) in [6.07, 6.45) is 4.32. The number of imidazole rings is 1. The Hall–Kier alpha value is -3.16. The Kier molecular flexibility index (Phi) is 4.75. The van der Waals surface area contributed by atoms with E-state index in [1.165, 1.54) is 0 Å². The van der Waals surface area contributed by atoms with E-state index in [0.717, 1.165) is 10.6 Å². The van der Waals surface area contributed by atoms with Crippen LogP contribution >= 0.6 is 0 Å². The Morgan fingerprint density at radius 1 is 1.27 bits per heavy atom. The van der Waals surface area contributed by atoms with Crippen molar-refractivity contribution in [2.24, 2.45) is 0 Å². The molecule has 8 nitrogen and oxygen atoms in total. The van der Waals surface area contributed by atoms with E-state index in [4.69, 9.17) is 0 Å². The second-order valence-electron chi connectivity index (χ2n) is 6.53. The smallest absolute Gasteiger partial charge is 0.326 e. The first-order valence-corrected chi connectivity index (χ1v) is 8.37. The number of hydrazine groups is 1. The lowest BCUT2D eigenvalue weighted by Crippen LogP contribution is -2.49. The molecule has 8 heteroatoms. The van der Waals surface area contributed by atoms with Crippen LogP contribution in [-0.4, -0.2) is 37.9 Å². The zero-order valence-corrected chi connectivity index (χ0v) is 14.7. The third kappa shape index (κ3) is 3.58. The topological polar surface area (TPSA) is 96.3 Å². The van der Waals surface area contributed by atoms with Gasteiger partial charge in [-0.2, -0.15) is 5.01 Å². The van der Waals surface area contributed by atoms with Crippen molar-refractivity contribution in [1.29, 1.82) is 0 Å². The summed E-state index contributed by atoms with van der Waals surface area (Å²) >= 11 is 0. The molecule has 2 aromatic rings. The molecule has 1 fully saturated rings. The number of benzene rings is 1. The zero-order valence-electron chi connectivity index (χ0n) is 14.7. The fourth-order valence-corrected chi connectivity index (χ4v) is 2.88. The van der Waals surface area contributed by atoms with Crippen LogP contribution in [0.5, 0.6) is 0 Å². The van der Waals surface area contributed by atoms with Gasteiger partial charge in [0.15, 0.2) is 0 Å². The Morgan fingerprint density at radius 2 is 2.00 bits per heavy atom. The molecular weight excluding hydrogens is 334 g/mol. The first-order chi connectivity index (χ1) is 12.4. The van der Waals surface area contributed by atoms with E-state index in [0.29, 0.717) is 18.7 Å². The summed E-state index contributed by atoms with van der Waals surface area (Å²) in [4.78, 5) is 41.0. The predicted molar refractivity (Wildman–Crippen MR) is 93.7 cm³/mol. The lowest BCUT2D eigenvalue weighted by molar-refractivity contribution is -0.139. The number of nitrogens with one attached hydrogen (secondary N) is 2. The molecule has 4 amide bonds. The third-order valence-electron chi connectivity index (χ3n) is 4.49. The van der Waals surface area contributed by atoms with E-state index < -0.39 is 23.4 Å². The highest BCUT2D eigenvalue weighted by Crippen LogP contribution is 2.22. The van der Waals surface area contributed by atoms with Crippen molar-refractivity contribution in [3.05, 3.63) is 54.1 Å². The second kappa shape index (κ2) is 6.99. The average molecular weight is 355 g/mol. The van der Waals surface area contributed by atoms with E-state index >= 15 is 0 Å². The van der Waals surface area contributed by atoms with Crippen molar-refractivity contribution >= 4 is 17.8 Å². The molecule has 1 aliphatic rings. The number of aryl methyl sites for hydroxylation is 2. The molecule has 1 aromatic carbocycles. The molecule has 1 atom stereocenters. The third-order valence-corrected chi connectivity index (χ3v) is 4.49. The van der Waals surface area contributed by atoms with Gasteiger partial charge in [0.25, 0.3) is 11.8 Å². The number of aromatic nitrogens is 2. The molecule has 0 bridgehead atoms. The summed E-state index contributed by atoms with van der Waals surface area (Å²) in [5, 5.41) is 3.44. The van der Waals surface area contributed by atoms with Gasteiger partial charge in [-0.25, -0.2) is 9.78 Å². The fourth-order valence-electron chi connectivity index (χ4n) is 2.88. The maximum atomic E-state index is 12.7. The standard InChI is InChI=1S/C18H21N5O3/c1-13-19-10-11-22(13)12-15(24)21-23-16(25)18(2,20-17(23)26)9-8-14-6-4-3-5-7-14/h3-7,10-11H,8-9,12H2,1-2H3,(H,20,26)(H,21,24)/t18-/m1/s1. The van der Waals surface area contributed by atoms with Gasteiger partial charge in [-0.3, -0.25) is 15.0 Å². The normalized spacial score (nSPS) is 19.5. The van der Waals surface area contributed by atoms with Crippen LogP contribution in [0.15, 0.2) is 42.7 Å². The van der Waals surface area contributed by atoms with E-state index in [1.54, 1.807) is 30.8 Å². The van der Waals surface area contributed by atoms with Gasteiger partial charge in [0.05, 0.1) is 0 Å². The van der Waals surface area contributed by atoms with Crippen molar-refractivity contribution in [3.63, 3.8) is 0 Å². The molecule has 2 N–H and O–H groups in total. The number of nitrogens with zero attached hydrogens (tertiary/aromatic N) is 3. The van der Waals surface area contributed by atoms with Crippen LogP contribution in [-0.2, 0) is 22.6 Å². The molecule has 26 heavy (non-hydrogen) atoms. The van der Waals surface area contributed by atoms with E-state index in [2.05, 4.69) is 15.7 Å². The average Bonchev–Trinajstić information content (AvgIpc) is 3.11. The SMILES string of the molecule is Cc1nccn1CC(=O)NN1C(=O)N[C@](C)(CCc2ccccc2)C1=O. The summed E-state index contributed by atoms with van der Waals surface area (Å²) in [6, 6.07) is 9.10. The maximum absolute atomic E-state index is 12.7. The minimum absolute atomic E-state index is 0.0242. The molecule has 0 radical (unpaired) electrons. The van der Waals surface area contributed by atoms with Crippen LogP contribution in [0, 0.1) is 6.92 Å². The minimum atomic E-state index is -1.05. The van der Waals surface area contributed by atoms with Crippen LogP contribution in [0.2, 0.25) is 0 Å². The van der Waals surface area contributed by atoms with Gasteiger partial charge in [0.1, 0.15) is 17.9 Å². The number of rotatable bonds is 6. The molecule has 3 rings (SSSR count). The monoisotopic (exact) mass is 355 g/mol. The summed E-state index contributed by atoms with van der Waals surface area (Å²) in [7, 11) is 0. The Balaban J connectivity index is 1.62. The van der Waals surface area contributed by atoms with E-state index in [9.17, 15) is 14.4 Å². The Bertz CT molecular complexity index is 832. The van der Waals surface area contributed by atoms with Crippen LogP contribution < -0.4 is 10.7 Å². The molecule has 0 aliphatic carbocycles. The minimum Gasteiger partial charge on any atom is -0.326 e. The quantitative estimate of drug-likeness (QED) is 0.760. The first-order valence-electron chi connectivity index (χ1n) is 8.37. The lowest BCUT2D eigenvalue weighted by Gasteiger charge is -2.21. The molecule has 0 saturated carbocycles. The van der Waals surface area contributed by atoms with Crippen LogP contribution in [0.25, 0.3) is 0 Å². The Labute approximate surface area is 151 Å². The van der Waals surface area contributed by atoms with Gasteiger partial charge >= 0.3 is 6.03 Å². The van der Waals surface area contributed by atoms with Crippen LogP contribution in [0.1, 0.15) is 24.7 Å². The molecular formula is C18H21N5O3. The maximum Gasteiger partial charge on any atom is 0.344 e. The molecule has 1 saturated heterocycles. The van der Waals surface area contributed by atoms with Crippen molar-refractivity contribution < 1.29 is 14.4 Å². The molecule has 2 heterocycles.